The Morgan fingerprint density at radius 2 is 1.59 bits per heavy atom. The topological polar surface area (TPSA) is 165 Å². The highest BCUT2D eigenvalue weighted by Gasteiger charge is 2.41. The largest absolute Gasteiger partial charge is 0.870 e. The molecule has 1 aromatic heterocycles. The Bertz CT molecular complexity index is 2170. The lowest BCUT2D eigenvalue weighted by Gasteiger charge is -2.36. The summed E-state index contributed by atoms with van der Waals surface area (Å²) < 4.78 is 79.6. The molecule has 0 radical (unpaired) electrons. The van der Waals surface area contributed by atoms with E-state index < -0.39 is 40.7 Å². The monoisotopic (exact) mass is 861 g/mol. The van der Waals surface area contributed by atoms with E-state index in [1.165, 1.54) is 48.8 Å². The number of aromatic amines is 1. The SMILES string of the molecule is CN1C2CCC1CC(OC(=O)C(NS(=O)(=O)c1cccc(C(=O)O[C@@H](Cc3c(Cl)c[nH+]cc3Cl)c3ccc(OC(F)F)c(OCC4CC4)c3)c1)c1ccccc1)C2.[OH-]. The van der Waals surface area contributed by atoms with Crippen LogP contribution in [0.1, 0.15) is 77.7 Å². The van der Waals surface area contributed by atoms with E-state index in [0.717, 1.165) is 31.7 Å². The number of aromatic nitrogens is 1. The van der Waals surface area contributed by atoms with E-state index in [1.54, 1.807) is 30.3 Å². The molecular weight excluding hydrogens is 819 g/mol. The summed E-state index contributed by atoms with van der Waals surface area (Å²) in [6.45, 7) is -2.82. The van der Waals surface area contributed by atoms with Gasteiger partial charge in [-0.05, 0) is 92.9 Å². The summed E-state index contributed by atoms with van der Waals surface area (Å²) in [5.74, 6) is -1.49. The van der Waals surface area contributed by atoms with Gasteiger partial charge >= 0.3 is 18.6 Å². The molecule has 7 rings (SSSR count). The summed E-state index contributed by atoms with van der Waals surface area (Å²) in [5, 5.41) is 0.500. The zero-order valence-corrected chi connectivity index (χ0v) is 33.7. The van der Waals surface area contributed by atoms with Crippen molar-refractivity contribution in [3.8, 4) is 11.5 Å². The lowest BCUT2D eigenvalue weighted by Crippen LogP contribution is -2.44. The average molecular weight is 863 g/mol. The van der Waals surface area contributed by atoms with Gasteiger partial charge in [0.15, 0.2) is 23.9 Å². The van der Waals surface area contributed by atoms with Gasteiger partial charge in [0.1, 0.15) is 28.3 Å². The van der Waals surface area contributed by atoms with E-state index >= 15 is 0 Å². The van der Waals surface area contributed by atoms with Crippen LogP contribution in [0.3, 0.4) is 0 Å². The maximum Gasteiger partial charge on any atom is 0.387 e. The van der Waals surface area contributed by atoms with Crippen molar-refractivity contribution in [1.82, 2.24) is 9.62 Å². The number of carbonyl (C=O) groups excluding carboxylic acids is 2. The Morgan fingerprint density at radius 1 is 0.897 bits per heavy atom. The highest BCUT2D eigenvalue weighted by atomic mass is 35.5. The summed E-state index contributed by atoms with van der Waals surface area (Å²) >= 11 is 13.0. The number of sulfonamides is 1. The Balaban J connectivity index is 0.00000567. The fraction of sp³-hybridized carbons (Fsp3) is 0.390. The summed E-state index contributed by atoms with van der Waals surface area (Å²) in [6.07, 6.45) is 6.79. The molecule has 310 valence electrons. The maximum absolute atomic E-state index is 14.0. The quantitative estimate of drug-likeness (QED) is 0.113. The minimum Gasteiger partial charge on any atom is -0.870 e. The van der Waals surface area contributed by atoms with Crippen molar-refractivity contribution in [2.24, 2.45) is 5.92 Å². The second-order valence-corrected chi connectivity index (χ2v) is 17.2. The van der Waals surface area contributed by atoms with Crippen LogP contribution in [-0.2, 0) is 30.7 Å². The summed E-state index contributed by atoms with van der Waals surface area (Å²) in [6, 6.07) is 17.1. The third-order valence-electron chi connectivity index (χ3n) is 10.7. The summed E-state index contributed by atoms with van der Waals surface area (Å²) in [7, 11) is -2.36. The number of nitrogens with zero attached hydrogens (tertiary/aromatic N) is 1. The van der Waals surface area contributed by atoms with Crippen LogP contribution in [0.5, 0.6) is 11.5 Å². The smallest absolute Gasteiger partial charge is 0.387 e. The van der Waals surface area contributed by atoms with Crippen molar-refractivity contribution in [3.63, 3.8) is 0 Å². The number of carbonyl (C=O) groups is 2. The molecule has 2 aliphatic heterocycles. The number of rotatable bonds is 16. The normalized spacial score (nSPS) is 20.1. The predicted molar refractivity (Wildman–Crippen MR) is 208 cm³/mol. The zero-order valence-electron chi connectivity index (χ0n) is 31.4. The number of hydrogen-bond donors (Lipinski definition) is 1. The number of nitrogens with one attached hydrogen (secondary N) is 2. The molecule has 58 heavy (non-hydrogen) atoms. The Morgan fingerprint density at radius 3 is 2.24 bits per heavy atom. The van der Waals surface area contributed by atoms with E-state index in [4.69, 9.17) is 42.1 Å². The highest BCUT2D eigenvalue weighted by Crippen LogP contribution is 2.39. The fourth-order valence-electron chi connectivity index (χ4n) is 7.41. The second-order valence-electron chi connectivity index (χ2n) is 14.6. The van der Waals surface area contributed by atoms with Gasteiger partial charge in [-0.3, -0.25) is 0 Å². The number of piperidine rings is 1. The van der Waals surface area contributed by atoms with Crippen LogP contribution in [0.4, 0.5) is 8.78 Å². The molecule has 17 heteroatoms. The number of alkyl halides is 2. The van der Waals surface area contributed by atoms with Crippen LogP contribution in [0.2, 0.25) is 10.0 Å². The third kappa shape index (κ3) is 10.4. The highest BCUT2D eigenvalue weighted by molar-refractivity contribution is 7.89. The van der Waals surface area contributed by atoms with Crippen molar-refractivity contribution < 1.29 is 56.2 Å². The number of pyridine rings is 1. The van der Waals surface area contributed by atoms with E-state index in [2.05, 4.69) is 21.7 Å². The van der Waals surface area contributed by atoms with Crippen LogP contribution in [0.15, 0.2) is 90.1 Å². The van der Waals surface area contributed by atoms with Gasteiger partial charge < -0.3 is 29.3 Å². The van der Waals surface area contributed by atoms with Crippen LogP contribution < -0.4 is 19.2 Å². The number of H-pyrrole nitrogens is 1. The first-order valence-corrected chi connectivity index (χ1v) is 20.9. The minimum atomic E-state index is -4.43. The molecule has 4 aromatic rings. The zero-order chi connectivity index (χ0) is 40.3. The molecule has 3 aliphatic rings. The first-order valence-electron chi connectivity index (χ1n) is 18.7. The average Bonchev–Trinajstić information content (AvgIpc) is 4.00. The summed E-state index contributed by atoms with van der Waals surface area (Å²) in [5.41, 5.74) is 1.05. The Hall–Kier alpha value is -4.38. The molecule has 1 saturated carbocycles. The van der Waals surface area contributed by atoms with Gasteiger partial charge in [0, 0.05) is 24.1 Å². The first kappa shape index (κ1) is 43.2. The molecule has 1 aliphatic carbocycles. The third-order valence-corrected chi connectivity index (χ3v) is 12.8. The lowest BCUT2D eigenvalue weighted by molar-refractivity contribution is -0.377. The molecule has 3 N–H and O–H groups in total. The van der Waals surface area contributed by atoms with Crippen molar-refractivity contribution in [3.05, 3.63) is 117 Å². The van der Waals surface area contributed by atoms with Crippen LogP contribution >= 0.6 is 23.2 Å². The standard InChI is InChI=1S/C41H41Cl2F2N3O8S.H2O/c1-48-28-13-14-29(48)19-30(18-28)54-40(50)38(25-6-3-2-4-7-25)47-57(51,52)31-9-5-8-27(16-31)39(49)55-36(20-32-33(42)21-46-22-34(32)43)26-12-15-35(56-41(44)45)37(17-26)53-23-24-10-11-24;/h2-9,12,15-17,21-22,24,28-30,36,38,41,47H,10-11,13-14,18-20,23H2,1H3;1H2/t28?,29?,30?,36-,38?;/m0./s1. The van der Waals surface area contributed by atoms with E-state index in [0.29, 0.717) is 47.5 Å². The van der Waals surface area contributed by atoms with E-state index in [1.807, 2.05) is 0 Å². The van der Waals surface area contributed by atoms with E-state index in [-0.39, 0.29) is 56.6 Å². The lowest BCUT2D eigenvalue weighted by atomic mass is 10.0. The van der Waals surface area contributed by atoms with Gasteiger partial charge in [-0.2, -0.15) is 13.5 Å². The van der Waals surface area contributed by atoms with Gasteiger partial charge in [-0.1, -0.05) is 65.7 Å². The van der Waals surface area contributed by atoms with Gasteiger partial charge in [0.05, 0.1) is 17.1 Å². The Kier molecular flexibility index (Phi) is 13.9. The minimum absolute atomic E-state index is 0. The molecule has 3 aromatic carbocycles. The van der Waals surface area contributed by atoms with Crippen molar-refractivity contribution in [2.75, 3.05) is 13.7 Å². The van der Waals surface area contributed by atoms with Gasteiger partial charge in [-0.25, -0.2) is 23.0 Å². The van der Waals surface area contributed by atoms with Gasteiger partial charge in [-0.15, -0.1) is 0 Å². The van der Waals surface area contributed by atoms with Gasteiger partial charge in [0.25, 0.3) is 0 Å². The number of ether oxygens (including phenoxy) is 4. The Labute approximate surface area is 345 Å². The molecule has 2 bridgehead atoms. The maximum atomic E-state index is 14.0. The number of fused-ring (bicyclic) bond motifs is 2. The number of esters is 2. The van der Waals surface area contributed by atoms with E-state index in [9.17, 15) is 26.8 Å². The molecule has 3 fully saturated rings. The number of benzene rings is 3. The first-order chi connectivity index (χ1) is 27.3. The van der Waals surface area contributed by atoms with Crippen LogP contribution in [0, 0.1) is 5.92 Å². The number of hydrogen-bond acceptors (Lipinski definition) is 10. The molecule has 4 atom stereocenters. The van der Waals surface area contributed by atoms with Crippen molar-refractivity contribution >= 4 is 45.2 Å². The van der Waals surface area contributed by atoms with Gasteiger partial charge in [0.2, 0.25) is 10.0 Å². The molecular formula is C41H43Cl2F2N3O9S. The molecule has 2 saturated heterocycles. The summed E-state index contributed by atoms with van der Waals surface area (Å²) in [4.78, 5) is 32.5. The second kappa shape index (κ2) is 18.7. The van der Waals surface area contributed by atoms with Crippen LogP contribution in [-0.4, -0.2) is 69.2 Å². The molecule has 0 spiro atoms. The van der Waals surface area contributed by atoms with Crippen molar-refractivity contribution in [1.29, 1.82) is 0 Å². The number of halogens is 4. The van der Waals surface area contributed by atoms with Crippen molar-refractivity contribution in [2.45, 2.75) is 86.8 Å². The predicted octanol–water partition coefficient (Wildman–Crippen LogP) is 7.35. The molecule has 12 nitrogen and oxygen atoms in total. The fourth-order valence-corrected chi connectivity index (χ4v) is 9.16. The molecule has 0 amide bonds. The molecule has 3 unspecified atom stereocenters. The van der Waals surface area contributed by atoms with Crippen LogP contribution in [0.25, 0.3) is 0 Å². The molecule has 3 heterocycles.